The lowest BCUT2D eigenvalue weighted by atomic mass is 10.1. The molecule has 88 valence electrons. The average Bonchev–Trinajstić information content (AvgIpc) is 2.29. The lowest BCUT2D eigenvalue weighted by molar-refractivity contribution is -0.120. The zero-order chi connectivity index (χ0) is 12.0. The standard InChI is InChI=1S/C12H19N3O/c1-3-9(2)7-15-12(16)6-11-5-4-10(13)8-14-11/h4-5,8-9H,3,6-7,13H2,1-2H3,(H,15,16). The van der Waals surface area contributed by atoms with E-state index in [0.717, 1.165) is 18.7 Å². The highest BCUT2D eigenvalue weighted by atomic mass is 16.1. The molecule has 4 nitrogen and oxygen atoms in total. The summed E-state index contributed by atoms with van der Waals surface area (Å²) in [7, 11) is 0. The van der Waals surface area contributed by atoms with Crippen LogP contribution in [0.25, 0.3) is 0 Å². The smallest absolute Gasteiger partial charge is 0.226 e. The van der Waals surface area contributed by atoms with E-state index < -0.39 is 0 Å². The van der Waals surface area contributed by atoms with E-state index in [4.69, 9.17) is 5.73 Å². The fourth-order valence-corrected chi connectivity index (χ4v) is 1.20. The van der Waals surface area contributed by atoms with Crippen molar-refractivity contribution in [2.75, 3.05) is 12.3 Å². The highest BCUT2D eigenvalue weighted by Gasteiger charge is 2.05. The first-order valence-corrected chi connectivity index (χ1v) is 5.59. The van der Waals surface area contributed by atoms with Gasteiger partial charge in [-0.1, -0.05) is 20.3 Å². The van der Waals surface area contributed by atoms with Crippen molar-refractivity contribution in [3.63, 3.8) is 0 Å². The van der Waals surface area contributed by atoms with Crippen LogP contribution in [0.15, 0.2) is 18.3 Å². The summed E-state index contributed by atoms with van der Waals surface area (Å²) in [6, 6.07) is 3.53. The molecule has 0 aliphatic heterocycles. The van der Waals surface area contributed by atoms with Crippen molar-refractivity contribution >= 4 is 11.6 Å². The van der Waals surface area contributed by atoms with Gasteiger partial charge in [0.1, 0.15) is 0 Å². The van der Waals surface area contributed by atoms with Crippen LogP contribution in [0.1, 0.15) is 26.0 Å². The Labute approximate surface area is 96.3 Å². The molecule has 0 bridgehead atoms. The number of carbonyl (C=O) groups excluding carboxylic acids is 1. The van der Waals surface area contributed by atoms with Crippen molar-refractivity contribution in [3.8, 4) is 0 Å². The van der Waals surface area contributed by atoms with Gasteiger partial charge in [0.2, 0.25) is 5.91 Å². The second kappa shape index (κ2) is 6.10. The first-order valence-electron chi connectivity index (χ1n) is 5.59. The van der Waals surface area contributed by atoms with Crippen molar-refractivity contribution in [2.24, 2.45) is 5.92 Å². The summed E-state index contributed by atoms with van der Waals surface area (Å²) >= 11 is 0. The van der Waals surface area contributed by atoms with Crippen LogP contribution < -0.4 is 11.1 Å². The minimum absolute atomic E-state index is 0.0116. The molecule has 0 aliphatic rings. The molecule has 1 atom stereocenters. The maximum atomic E-state index is 11.5. The summed E-state index contributed by atoms with van der Waals surface area (Å²) in [5.41, 5.74) is 6.87. The summed E-state index contributed by atoms with van der Waals surface area (Å²) < 4.78 is 0. The topological polar surface area (TPSA) is 68.0 Å². The molecule has 0 aromatic carbocycles. The summed E-state index contributed by atoms with van der Waals surface area (Å²) in [5.74, 6) is 0.529. The third-order valence-electron chi connectivity index (χ3n) is 2.53. The molecule has 0 saturated heterocycles. The van der Waals surface area contributed by atoms with E-state index in [1.54, 1.807) is 18.3 Å². The summed E-state index contributed by atoms with van der Waals surface area (Å²) in [5, 5.41) is 2.89. The summed E-state index contributed by atoms with van der Waals surface area (Å²) in [6.07, 6.45) is 2.95. The van der Waals surface area contributed by atoms with Gasteiger partial charge in [0, 0.05) is 12.2 Å². The van der Waals surface area contributed by atoms with Gasteiger partial charge in [0.15, 0.2) is 0 Å². The third kappa shape index (κ3) is 4.29. The highest BCUT2D eigenvalue weighted by molar-refractivity contribution is 5.78. The number of hydrogen-bond acceptors (Lipinski definition) is 3. The van der Waals surface area contributed by atoms with Gasteiger partial charge in [-0.05, 0) is 18.1 Å². The fraction of sp³-hybridized carbons (Fsp3) is 0.500. The highest BCUT2D eigenvalue weighted by Crippen LogP contribution is 2.02. The van der Waals surface area contributed by atoms with Gasteiger partial charge >= 0.3 is 0 Å². The number of nitrogens with one attached hydrogen (secondary N) is 1. The number of aromatic nitrogens is 1. The van der Waals surface area contributed by atoms with Gasteiger partial charge in [-0.25, -0.2) is 0 Å². The van der Waals surface area contributed by atoms with Crippen LogP contribution in [0.4, 0.5) is 5.69 Å². The Kier molecular flexibility index (Phi) is 4.76. The minimum atomic E-state index is 0.0116. The maximum Gasteiger partial charge on any atom is 0.226 e. The van der Waals surface area contributed by atoms with Gasteiger partial charge in [0.05, 0.1) is 18.3 Å². The number of hydrogen-bond donors (Lipinski definition) is 2. The molecule has 0 aliphatic carbocycles. The zero-order valence-corrected chi connectivity index (χ0v) is 9.86. The maximum absolute atomic E-state index is 11.5. The molecular weight excluding hydrogens is 202 g/mol. The lowest BCUT2D eigenvalue weighted by Crippen LogP contribution is -2.29. The van der Waals surface area contributed by atoms with Crippen molar-refractivity contribution in [1.29, 1.82) is 0 Å². The number of rotatable bonds is 5. The Bertz CT molecular complexity index is 335. The van der Waals surface area contributed by atoms with E-state index >= 15 is 0 Å². The van der Waals surface area contributed by atoms with Gasteiger partial charge < -0.3 is 11.1 Å². The van der Waals surface area contributed by atoms with Gasteiger partial charge in [-0.2, -0.15) is 0 Å². The van der Waals surface area contributed by atoms with Gasteiger partial charge in [0.25, 0.3) is 0 Å². The SMILES string of the molecule is CCC(C)CNC(=O)Cc1ccc(N)cn1. The van der Waals surface area contributed by atoms with E-state index in [-0.39, 0.29) is 5.91 Å². The van der Waals surface area contributed by atoms with Crippen LogP contribution in [0.2, 0.25) is 0 Å². The predicted octanol–water partition coefficient (Wildman–Crippen LogP) is 1.37. The summed E-state index contributed by atoms with van der Waals surface area (Å²) in [4.78, 5) is 15.6. The van der Waals surface area contributed by atoms with Crippen LogP contribution in [0.3, 0.4) is 0 Å². The molecule has 4 heteroatoms. The second-order valence-corrected chi connectivity index (χ2v) is 4.08. The molecule has 0 radical (unpaired) electrons. The van der Waals surface area contributed by atoms with E-state index in [9.17, 15) is 4.79 Å². The number of anilines is 1. The predicted molar refractivity (Wildman–Crippen MR) is 64.8 cm³/mol. The molecular formula is C12H19N3O. The van der Waals surface area contributed by atoms with Crippen LogP contribution in [-0.2, 0) is 11.2 Å². The number of nitrogen functional groups attached to an aromatic ring is 1. The quantitative estimate of drug-likeness (QED) is 0.789. The second-order valence-electron chi connectivity index (χ2n) is 4.08. The molecule has 3 N–H and O–H groups in total. The van der Waals surface area contributed by atoms with Crippen molar-refractivity contribution in [3.05, 3.63) is 24.0 Å². The first-order chi connectivity index (χ1) is 7.61. The van der Waals surface area contributed by atoms with E-state index in [0.29, 0.717) is 18.0 Å². The van der Waals surface area contributed by atoms with Crippen molar-refractivity contribution < 1.29 is 4.79 Å². The molecule has 1 unspecified atom stereocenters. The Morgan fingerprint density at radius 1 is 1.56 bits per heavy atom. The molecule has 1 aromatic heterocycles. The van der Waals surface area contributed by atoms with E-state index in [2.05, 4.69) is 24.1 Å². The zero-order valence-electron chi connectivity index (χ0n) is 9.86. The monoisotopic (exact) mass is 221 g/mol. The Hall–Kier alpha value is -1.58. The number of amides is 1. The van der Waals surface area contributed by atoms with Crippen LogP contribution in [0.5, 0.6) is 0 Å². The van der Waals surface area contributed by atoms with Crippen molar-refractivity contribution in [1.82, 2.24) is 10.3 Å². The Balaban J connectivity index is 2.37. The van der Waals surface area contributed by atoms with Gasteiger partial charge in [-0.15, -0.1) is 0 Å². The van der Waals surface area contributed by atoms with Gasteiger partial charge in [-0.3, -0.25) is 9.78 Å². The normalized spacial score (nSPS) is 12.1. The summed E-state index contributed by atoms with van der Waals surface area (Å²) in [6.45, 7) is 4.95. The molecule has 0 fully saturated rings. The average molecular weight is 221 g/mol. The van der Waals surface area contributed by atoms with Crippen molar-refractivity contribution in [2.45, 2.75) is 26.7 Å². The molecule has 0 spiro atoms. The molecule has 1 amide bonds. The number of carbonyl (C=O) groups is 1. The van der Waals surface area contributed by atoms with E-state index in [1.165, 1.54) is 0 Å². The van der Waals surface area contributed by atoms with Crippen LogP contribution in [0, 0.1) is 5.92 Å². The number of nitrogens with two attached hydrogens (primary N) is 1. The molecule has 16 heavy (non-hydrogen) atoms. The van der Waals surface area contributed by atoms with Crippen LogP contribution >= 0.6 is 0 Å². The molecule has 1 heterocycles. The molecule has 1 aromatic rings. The molecule has 1 rings (SSSR count). The Morgan fingerprint density at radius 2 is 2.31 bits per heavy atom. The molecule has 0 saturated carbocycles. The minimum Gasteiger partial charge on any atom is -0.397 e. The number of pyridine rings is 1. The largest absolute Gasteiger partial charge is 0.397 e. The Morgan fingerprint density at radius 3 is 2.88 bits per heavy atom. The number of nitrogens with zero attached hydrogens (tertiary/aromatic N) is 1. The van der Waals surface area contributed by atoms with E-state index in [1.807, 2.05) is 0 Å². The fourth-order valence-electron chi connectivity index (χ4n) is 1.20. The third-order valence-corrected chi connectivity index (χ3v) is 2.53. The lowest BCUT2D eigenvalue weighted by Gasteiger charge is -2.09. The van der Waals surface area contributed by atoms with Crippen LogP contribution in [-0.4, -0.2) is 17.4 Å². The first kappa shape index (κ1) is 12.5.